The first kappa shape index (κ1) is 38.5. The summed E-state index contributed by atoms with van der Waals surface area (Å²) in [4.78, 5) is 66.1. The van der Waals surface area contributed by atoms with E-state index in [9.17, 15) is 29.4 Å². The Morgan fingerprint density at radius 1 is 1.17 bits per heavy atom. The predicted molar refractivity (Wildman–Crippen MR) is 196 cm³/mol. The zero-order chi connectivity index (χ0) is 37.3. The van der Waals surface area contributed by atoms with Crippen molar-refractivity contribution in [1.82, 2.24) is 14.5 Å². The Balaban J connectivity index is 0.00000541. The number of β-lactam (4-membered cyclic amide) rings is 1. The number of hydrogen-bond donors (Lipinski definition) is 3. The van der Waals surface area contributed by atoms with Crippen molar-refractivity contribution in [3.05, 3.63) is 88.5 Å². The maximum absolute atomic E-state index is 13.5. The summed E-state index contributed by atoms with van der Waals surface area (Å²) in [5, 5.41) is 31.3. The Morgan fingerprint density at radius 2 is 1.91 bits per heavy atom. The molecule has 1 fully saturated rings. The normalized spacial score (nSPS) is 17.6. The van der Waals surface area contributed by atoms with Crippen molar-refractivity contribution >= 4 is 74.3 Å². The Bertz CT molecular complexity index is 2170. The number of benzene rings is 1. The van der Waals surface area contributed by atoms with Crippen LogP contribution in [0.1, 0.15) is 44.5 Å². The fourth-order valence-corrected chi connectivity index (χ4v) is 7.79. The number of nitrogens with zero attached hydrogens (tertiary/aromatic N) is 6. The van der Waals surface area contributed by atoms with E-state index < -0.39 is 40.5 Å². The molecule has 1 amide bonds. The number of rotatable bonds is 14. The Hall–Kier alpha value is -5.75. The number of carbonyl (C=O) groups excluding carboxylic acids is 3. The zero-order valence-corrected chi connectivity index (χ0v) is 29.8. The predicted octanol–water partition coefficient (Wildman–Crippen LogP) is 1.70. The number of aliphatic carboxylic acids is 2. The maximum Gasteiger partial charge on any atom is 0.350 e. The highest BCUT2D eigenvalue weighted by atomic mass is 32.2. The molecule has 278 valence electrons. The van der Waals surface area contributed by atoms with Crippen LogP contribution in [-0.2, 0) is 41.9 Å². The Kier molecular flexibility index (Phi) is 11.2. The van der Waals surface area contributed by atoms with Crippen LogP contribution in [0, 0.1) is 5.92 Å². The highest BCUT2D eigenvalue weighted by Crippen LogP contribution is 2.45. The molecule has 5 N–H and O–H groups in total. The number of hydrogen-bond acceptors (Lipinski definition) is 13. The van der Waals surface area contributed by atoms with E-state index in [1.807, 2.05) is 59.6 Å². The van der Waals surface area contributed by atoms with Crippen molar-refractivity contribution in [3.8, 4) is 0 Å². The number of ketones is 1. The van der Waals surface area contributed by atoms with Gasteiger partial charge < -0.3 is 40.7 Å². The van der Waals surface area contributed by atoms with E-state index >= 15 is 0 Å². The lowest BCUT2D eigenvalue weighted by molar-refractivity contribution is -0.687. The molecule has 3 aromatic heterocycles. The molecule has 18 heteroatoms. The van der Waals surface area contributed by atoms with Crippen LogP contribution in [0.3, 0.4) is 0 Å². The van der Waals surface area contributed by atoms with Gasteiger partial charge in [-0.2, -0.15) is 0 Å². The first-order valence-corrected chi connectivity index (χ1v) is 17.8. The number of Topliss-reactive ketones (excluding diaryl/α,β-unsaturated/α-hetero) is 1. The number of anilines is 1. The molecule has 2 aliphatic heterocycles. The molecule has 6 rings (SSSR count). The summed E-state index contributed by atoms with van der Waals surface area (Å²) in [6.07, 6.45) is 5.39. The number of pyridine rings is 1. The van der Waals surface area contributed by atoms with Crippen molar-refractivity contribution < 1.29 is 43.6 Å². The molecule has 1 aromatic carbocycles. The van der Waals surface area contributed by atoms with Crippen LogP contribution >= 0.6 is 23.1 Å². The molecule has 4 aromatic rings. The van der Waals surface area contributed by atoms with Gasteiger partial charge in [0.25, 0.3) is 0 Å². The largest absolute Gasteiger partial charge is 0.543 e. The lowest BCUT2D eigenvalue weighted by Gasteiger charge is -2.50. The molecule has 0 aliphatic carbocycles. The number of thioether (sulfide) groups is 1. The van der Waals surface area contributed by atoms with E-state index in [4.69, 9.17) is 21.1 Å². The molecule has 0 spiro atoms. The second-order valence-electron chi connectivity index (χ2n) is 12.6. The maximum atomic E-state index is 13.5. The molecule has 53 heavy (non-hydrogen) atoms. The number of carboxylic acids is 2. The molecule has 0 unspecified atom stereocenters. The number of nitrogens with two attached hydrogens (primary N) is 2. The summed E-state index contributed by atoms with van der Waals surface area (Å²) < 4.78 is 3.94. The number of oxime groups is 2. The third kappa shape index (κ3) is 7.87. The Labute approximate surface area is 312 Å². The summed E-state index contributed by atoms with van der Waals surface area (Å²) in [6.45, 7) is 3.33. The average molecular weight is 763 g/mol. The van der Waals surface area contributed by atoms with E-state index in [2.05, 4.69) is 19.9 Å². The third-order valence-electron chi connectivity index (χ3n) is 8.60. The smallest absolute Gasteiger partial charge is 0.350 e. The average Bonchev–Trinajstić information content (AvgIpc) is 3.72. The van der Waals surface area contributed by atoms with Crippen LogP contribution in [0.5, 0.6) is 0 Å². The van der Waals surface area contributed by atoms with Gasteiger partial charge in [0.05, 0.1) is 33.9 Å². The lowest BCUT2D eigenvalue weighted by atomic mass is 9.89. The molecular weight excluding hydrogens is 725 g/mol. The van der Waals surface area contributed by atoms with E-state index in [-0.39, 0.29) is 54.2 Å². The van der Waals surface area contributed by atoms with E-state index in [1.165, 1.54) is 43.0 Å². The number of fused-ring (bicyclic) bond motifs is 2. The van der Waals surface area contributed by atoms with E-state index in [1.54, 1.807) is 0 Å². The van der Waals surface area contributed by atoms with Gasteiger partial charge in [-0.05, 0) is 25.5 Å². The topological polar surface area (TPSA) is 232 Å². The number of carbonyl (C=O) groups is 4. The van der Waals surface area contributed by atoms with Gasteiger partial charge in [-0.1, -0.05) is 42.0 Å². The number of thiazole rings is 1. The number of aromatic nitrogens is 3. The van der Waals surface area contributed by atoms with Crippen LogP contribution in [0.4, 0.5) is 5.13 Å². The number of amides is 1. The van der Waals surface area contributed by atoms with Crippen LogP contribution in [-0.4, -0.2) is 78.6 Å². The van der Waals surface area contributed by atoms with Gasteiger partial charge in [-0.3, -0.25) is 14.5 Å². The summed E-state index contributed by atoms with van der Waals surface area (Å²) in [5.74, 6) is -4.28. The first-order valence-electron chi connectivity index (χ1n) is 15.8. The summed E-state index contributed by atoms with van der Waals surface area (Å²) in [7, 11) is 1.43. The minimum atomic E-state index is -1.75. The van der Waals surface area contributed by atoms with Crippen molar-refractivity contribution in [2.24, 2.45) is 22.0 Å². The first-order chi connectivity index (χ1) is 24.8. The van der Waals surface area contributed by atoms with Crippen molar-refractivity contribution in [2.45, 2.75) is 51.8 Å². The number of nitrogen functional groups attached to an aromatic ring is 1. The standard InChI is InChI=1S/C34H34N8O8S2.CH4/c1-34(2,32(47)48)50-38-26(23-17-52-33(36)37-23)25(43)12-22-29(44)42-27(31(45)46)21(16-51-30(22)42)15-40-10-9-24-20(14-40)8-11-41(24)13-18-4-6-19(7-5-18)28(35)39-49-3;/h4-11,14,17,22,30H,12-13,15-16H2,1-3H3,(H5-,35,36,37,39,45,46,47,48);1H4/b38-26-;/t22-,30-;/m1./s1. The molecule has 2 aliphatic rings. The lowest BCUT2D eigenvalue weighted by Crippen LogP contribution is -2.63. The second-order valence-corrected chi connectivity index (χ2v) is 14.6. The molecule has 2 atom stereocenters. The minimum Gasteiger partial charge on any atom is -0.543 e. The Morgan fingerprint density at radius 3 is 2.55 bits per heavy atom. The van der Waals surface area contributed by atoms with Gasteiger partial charge >= 0.3 is 5.97 Å². The monoisotopic (exact) mass is 762 g/mol. The molecule has 1 saturated heterocycles. The van der Waals surface area contributed by atoms with Gasteiger partial charge in [-0.25, -0.2) is 14.3 Å². The highest BCUT2D eigenvalue weighted by Gasteiger charge is 2.53. The summed E-state index contributed by atoms with van der Waals surface area (Å²) in [6, 6.07) is 11.6. The van der Waals surface area contributed by atoms with Crippen molar-refractivity contribution in [2.75, 3.05) is 18.6 Å². The van der Waals surface area contributed by atoms with Gasteiger partial charge in [0.1, 0.15) is 12.8 Å². The summed E-state index contributed by atoms with van der Waals surface area (Å²) >= 11 is 2.39. The van der Waals surface area contributed by atoms with Crippen LogP contribution in [0.25, 0.3) is 10.9 Å². The number of amidine groups is 1. The third-order valence-corrected chi connectivity index (χ3v) is 10.7. The van der Waals surface area contributed by atoms with Crippen molar-refractivity contribution in [3.63, 3.8) is 0 Å². The van der Waals surface area contributed by atoms with Crippen molar-refractivity contribution in [1.29, 1.82) is 0 Å². The van der Waals surface area contributed by atoms with Gasteiger partial charge in [0, 0.05) is 47.5 Å². The molecule has 0 radical (unpaired) electrons. The molecular formula is C35H38N8O8S2. The summed E-state index contributed by atoms with van der Waals surface area (Å²) in [5.41, 5.74) is 12.7. The fourth-order valence-electron chi connectivity index (χ4n) is 5.84. The van der Waals surface area contributed by atoms with Gasteiger partial charge in [0.2, 0.25) is 11.5 Å². The number of carboxylic acid groups (broad SMARTS) is 2. The molecule has 16 nitrogen and oxygen atoms in total. The second kappa shape index (κ2) is 15.5. The molecule has 0 bridgehead atoms. The fraction of sp³-hybridized carbons (Fsp3) is 0.314. The quantitative estimate of drug-likeness (QED) is 0.0548. The van der Waals surface area contributed by atoms with Gasteiger partial charge in [-0.15, -0.1) is 23.1 Å². The SMILES string of the molecule is C.CO/N=C(/N)c1ccc(Cn2ccc3c[n+](CC4=C(C(=O)[O-])N5C(=O)[C@@H](CC(=O)/C(=N\OC(C)(C)C(=O)O)c6csc(N)n6)[C@H]5SC4)ccc32)cc1. The van der Waals surface area contributed by atoms with E-state index in [0.717, 1.165) is 33.4 Å². The molecule has 5 heterocycles. The highest BCUT2D eigenvalue weighted by molar-refractivity contribution is 8.00. The molecule has 0 saturated carbocycles. The van der Waals surface area contributed by atoms with Crippen LogP contribution < -0.4 is 21.1 Å². The zero-order valence-electron chi connectivity index (χ0n) is 28.2. The minimum absolute atomic E-state index is 0. The van der Waals surface area contributed by atoms with Gasteiger partial charge in [0.15, 0.2) is 41.4 Å². The van der Waals surface area contributed by atoms with Crippen LogP contribution in [0.15, 0.2) is 82.0 Å². The van der Waals surface area contributed by atoms with E-state index in [0.29, 0.717) is 12.1 Å². The van der Waals surface area contributed by atoms with Crippen LogP contribution in [0.2, 0.25) is 0 Å².